The van der Waals surface area contributed by atoms with Crippen molar-refractivity contribution in [1.29, 1.82) is 0 Å². The molecule has 88 valence electrons. The van der Waals surface area contributed by atoms with Crippen molar-refractivity contribution >= 4 is 5.91 Å². The van der Waals surface area contributed by atoms with E-state index in [4.69, 9.17) is 5.11 Å². The minimum atomic E-state index is 0.104. The third kappa shape index (κ3) is 4.62. The number of carbonyl (C=O) groups is 1. The molecule has 0 atom stereocenters. The van der Waals surface area contributed by atoms with Crippen LogP contribution < -0.4 is 5.32 Å². The molecular formula is C11H22N2O2. The molecule has 1 heterocycles. The van der Waals surface area contributed by atoms with Gasteiger partial charge in [0.25, 0.3) is 0 Å². The fourth-order valence-corrected chi connectivity index (χ4v) is 1.68. The van der Waals surface area contributed by atoms with Crippen LogP contribution in [0.5, 0.6) is 0 Å². The number of aliphatic hydroxyl groups excluding tert-OH is 1. The first-order chi connectivity index (χ1) is 7.11. The van der Waals surface area contributed by atoms with Crippen molar-refractivity contribution in [1.82, 2.24) is 10.2 Å². The zero-order chi connectivity index (χ0) is 11.3. The molecule has 1 aliphatic rings. The lowest BCUT2D eigenvalue weighted by Gasteiger charge is -2.37. The molecule has 4 heteroatoms. The average molecular weight is 214 g/mol. The fraction of sp³-hybridized carbons (Fsp3) is 0.909. The quantitative estimate of drug-likeness (QED) is 0.658. The second-order valence-corrected chi connectivity index (χ2v) is 4.78. The molecule has 0 radical (unpaired) electrons. The van der Waals surface area contributed by atoms with E-state index in [-0.39, 0.29) is 12.5 Å². The van der Waals surface area contributed by atoms with Gasteiger partial charge in [0.2, 0.25) is 5.91 Å². The number of carbonyl (C=O) groups excluding carboxylic acids is 1. The molecule has 15 heavy (non-hydrogen) atoms. The molecule has 1 fully saturated rings. The summed E-state index contributed by atoms with van der Waals surface area (Å²) in [5.74, 6) is 1.12. The number of nitrogens with one attached hydrogen (secondary N) is 1. The van der Waals surface area contributed by atoms with E-state index < -0.39 is 0 Å². The highest BCUT2D eigenvalue weighted by atomic mass is 16.3. The normalized spacial score (nSPS) is 17.9. The molecule has 0 aliphatic carbocycles. The summed E-state index contributed by atoms with van der Waals surface area (Å²) in [4.78, 5) is 13.5. The number of hydrogen-bond donors (Lipinski definition) is 2. The number of amides is 1. The molecule has 4 nitrogen and oxygen atoms in total. The molecule has 0 saturated carbocycles. The molecule has 0 unspecified atom stereocenters. The van der Waals surface area contributed by atoms with Crippen LogP contribution in [0.3, 0.4) is 0 Å². The number of aliphatic hydroxyl groups is 1. The van der Waals surface area contributed by atoms with Gasteiger partial charge in [-0.15, -0.1) is 0 Å². The largest absolute Gasteiger partial charge is 0.396 e. The van der Waals surface area contributed by atoms with Gasteiger partial charge >= 0.3 is 0 Å². The number of nitrogens with zero attached hydrogens (tertiary/aromatic N) is 1. The van der Waals surface area contributed by atoms with Crippen LogP contribution in [0.15, 0.2) is 0 Å². The predicted molar refractivity (Wildman–Crippen MR) is 59.5 cm³/mol. The summed E-state index contributed by atoms with van der Waals surface area (Å²) < 4.78 is 0. The maximum absolute atomic E-state index is 11.4. The lowest BCUT2D eigenvalue weighted by atomic mass is 10.0. The van der Waals surface area contributed by atoms with Crippen LogP contribution in [0, 0.1) is 11.8 Å². The molecule has 0 aromatic rings. The standard InChI is InChI=1S/C11H22N2O2/c1-9(2)3-4-12-11(15)7-13-5-10(6-13)8-14/h9-10,14H,3-8H2,1-2H3,(H,12,15). The van der Waals surface area contributed by atoms with Gasteiger partial charge in [-0.1, -0.05) is 13.8 Å². The topological polar surface area (TPSA) is 52.6 Å². The van der Waals surface area contributed by atoms with Crippen molar-refractivity contribution in [2.75, 3.05) is 32.8 Å². The van der Waals surface area contributed by atoms with E-state index in [9.17, 15) is 4.79 Å². The van der Waals surface area contributed by atoms with E-state index >= 15 is 0 Å². The highest BCUT2D eigenvalue weighted by Gasteiger charge is 2.26. The molecule has 1 rings (SSSR count). The minimum absolute atomic E-state index is 0.104. The Balaban J connectivity index is 2.00. The molecule has 1 aliphatic heterocycles. The van der Waals surface area contributed by atoms with Gasteiger partial charge in [-0.05, 0) is 12.3 Å². The summed E-state index contributed by atoms with van der Waals surface area (Å²) >= 11 is 0. The first kappa shape index (κ1) is 12.5. The van der Waals surface area contributed by atoms with Gasteiger partial charge < -0.3 is 10.4 Å². The minimum Gasteiger partial charge on any atom is -0.396 e. The van der Waals surface area contributed by atoms with Gasteiger partial charge in [-0.25, -0.2) is 0 Å². The Morgan fingerprint density at radius 1 is 1.53 bits per heavy atom. The van der Waals surface area contributed by atoms with Crippen molar-refractivity contribution in [2.24, 2.45) is 11.8 Å². The van der Waals surface area contributed by atoms with E-state index in [1.54, 1.807) is 0 Å². The van der Waals surface area contributed by atoms with Crippen molar-refractivity contribution in [3.8, 4) is 0 Å². The Morgan fingerprint density at radius 2 is 2.20 bits per heavy atom. The molecule has 1 saturated heterocycles. The van der Waals surface area contributed by atoms with Crippen LogP contribution in [0.1, 0.15) is 20.3 Å². The van der Waals surface area contributed by atoms with Gasteiger partial charge in [0.15, 0.2) is 0 Å². The Labute approximate surface area is 91.6 Å². The first-order valence-electron chi connectivity index (χ1n) is 5.71. The molecular weight excluding hydrogens is 192 g/mol. The Kier molecular flexibility index (Phi) is 5.05. The zero-order valence-corrected chi connectivity index (χ0v) is 9.70. The summed E-state index contributed by atoms with van der Waals surface area (Å²) in [5.41, 5.74) is 0. The van der Waals surface area contributed by atoms with E-state index in [2.05, 4.69) is 24.1 Å². The second kappa shape index (κ2) is 6.08. The highest BCUT2D eigenvalue weighted by molar-refractivity contribution is 5.78. The lowest BCUT2D eigenvalue weighted by Crippen LogP contribution is -2.52. The molecule has 2 N–H and O–H groups in total. The van der Waals surface area contributed by atoms with E-state index in [0.29, 0.717) is 18.4 Å². The number of hydrogen-bond acceptors (Lipinski definition) is 3. The van der Waals surface area contributed by atoms with Crippen LogP contribution in [-0.2, 0) is 4.79 Å². The van der Waals surface area contributed by atoms with Crippen molar-refractivity contribution in [2.45, 2.75) is 20.3 Å². The molecule has 0 bridgehead atoms. The molecule has 0 aromatic carbocycles. The van der Waals surface area contributed by atoms with Gasteiger partial charge in [0, 0.05) is 32.2 Å². The summed E-state index contributed by atoms with van der Waals surface area (Å²) in [6, 6.07) is 0. The van der Waals surface area contributed by atoms with E-state index in [0.717, 1.165) is 26.1 Å². The van der Waals surface area contributed by atoms with Gasteiger partial charge in [-0.2, -0.15) is 0 Å². The van der Waals surface area contributed by atoms with Crippen molar-refractivity contribution < 1.29 is 9.90 Å². The maximum atomic E-state index is 11.4. The molecule has 0 aromatic heterocycles. The third-order valence-corrected chi connectivity index (χ3v) is 2.70. The average Bonchev–Trinajstić information content (AvgIpc) is 2.09. The molecule has 0 spiro atoms. The Morgan fingerprint density at radius 3 is 2.73 bits per heavy atom. The van der Waals surface area contributed by atoms with E-state index in [1.165, 1.54) is 0 Å². The lowest BCUT2D eigenvalue weighted by molar-refractivity contribution is -0.124. The predicted octanol–water partition coefficient (Wildman–Crippen LogP) is 0.0728. The van der Waals surface area contributed by atoms with E-state index in [1.807, 2.05) is 0 Å². The SMILES string of the molecule is CC(C)CCNC(=O)CN1CC(CO)C1. The van der Waals surface area contributed by atoms with Crippen LogP contribution >= 0.6 is 0 Å². The van der Waals surface area contributed by atoms with Crippen LogP contribution in [0.2, 0.25) is 0 Å². The first-order valence-corrected chi connectivity index (χ1v) is 5.71. The van der Waals surface area contributed by atoms with Crippen molar-refractivity contribution in [3.63, 3.8) is 0 Å². The highest BCUT2D eigenvalue weighted by Crippen LogP contribution is 2.13. The van der Waals surface area contributed by atoms with Crippen LogP contribution in [-0.4, -0.2) is 48.7 Å². The fourth-order valence-electron chi connectivity index (χ4n) is 1.68. The third-order valence-electron chi connectivity index (χ3n) is 2.70. The maximum Gasteiger partial charge on any atom is 0.234 e. The summed E-state index contributed by atoms with van der Waals surface area (Å²) in [5, 5.41) is 11.7. The Bertz CT molecular complexity index is 201. The van der Waals surface area contributed by atoms with Gasteiger partial charge in [-0.3, -0.25) is 9.69 Å². The summed E-state index contributed by atoms with van der Waals surface area (Å²) in [6.07, 6.45) is 1.03. The number of likely N-dealkylation sites (tertiary alicyclic amines) is 1. The second-order valence-electron chi connectivity index (χ2n) is 4.78. The van der Waals surface area contributed by atoms with Gasteiger partial charge in [0.05, 0.1) is 6.54 Å². The summed E-state index contributed by atoms with van der Waals surface area (Å²) in [6.45, 7) is 7.50. The zero-order valence-electron chi connectivity index (χ0n) is 9.70. The monoisotopic (exact) mass is 214 g/mol. The van der Waals surface area contributed by atoms with Crippen LogP contribution in [0.4, 0.5) is 0 Å². The van der Waals surface area contributed by atoms with Crippen LogP contribution in [0.25, 0.3) is 0 Å². The van der Waals surface area contributed by atoms with Gasteiger partial charge in [0.1, 0.15) is 0 Å². The number of rotatable bonds is 6. The Hall–Kier alpha value is -0.610. The summed E-state index contributed by atoms with van der Waals surface area (Å²) in [7, 11) is 0. The smallest absolute Gasteiger partial charge is 0.234 e. The van der Waals surface area contributed by atoms with Crippen molar-refractivity contribution in [3.05, 3.63) is 0 Å². The molecule has 1 amide bonds.